The summed E-state index contributed by atoms with van der Waals surface area (Å²) in [6, 6.07) is 0. The van der Waals surface area contributed by atoms with Crippen molar-refractivity contribution in [1.82, 2.24) is 0 Å². The molecule has 6 nitrogen and oxygen atoms in total. The molecular formula is C5H13O6P. The lowest BCUT2D eigenvalue weighted by atomic mass is 11.8. The second kappa shape index (κ2) is 13.1. The summed E-state index contributed by atoms with van der Waals surface area (Å²) in [5, 5.41) is 0. The molecule has 0 spiro atoms. The van der Waals surface area contributed by atoms with Crippen LogP contribution in [0.2, 0.25) is 0 Å². The van der Waals surface area contributed by atoms with E-state index in [1.54, 1.807) is 0 Å². The first-order valence-corrected chi connectivity index (χ1v) is 3.99. The molecule has 0 N–H and O–H groups in total. The van der Waals surface area contributed by atoms with Gasteiger partial charge in [-0.1, -0.05) is 0 Å². The molecule has 0 saturated carbocycles. The van der Waals surface area contributed by atoms with Crippen molar-refractivity contribution in [2.75, 3.05) is 21.3 Å². The van der Waals surface area contributed by atoms with Gasteiger partial charge in [-0.25, -0.2) is 4.57 Å². The van der Waals surface area contributed by atoms with Crippen LogP contribution in [-0.4, -0.2) is 34.9 Å². The molecule has 0 amide bonds. The third-order valence-corrected chi connectivity index (χ3v) is 2.01. The van der Waals surface area contributed by atoms with Gasteiger partial charge in [0.15, 0.2) is 0 Å². The maximum absolute atomic E-state index is 10.7. The van der Waals surface area contributed by atoms with Crippen LogP contribution in [0.4, 0.5) is 0 Å². The molecule has 0 heterocycles. The predicted molar refractivity (Wildman–Crippen MR) is 42.9 cm³/mol. The second-order valence-corrected chi connectivity index (χ2v) is 2.98. The Kier molecular flexibility index (Phi) is 19.1. The van der Waals surface area contributed by atoms with Crippen molar-refractivity contribution in [2.45, 2.75) is 0 Å². The Morgan fingerprint density at radius 1 is 0.833 bits per heavy atom. The van der Waals surface area contributed by atoms with Crippen LogP contribution in [0.5, 0.6) is 0 Å². The van der Waals surface area contributed by atoms with E-state index in [2.05, 4.69) is 13.6 Å². The summed E-state index contributed by atoms with van der Waals surface area (Å²) in [6.45, 7) is 4.00. The number of phosphoric acid groups is 1. The van der Waals surface area contributed by atoms with E-state index >= 15 is 0 Å². The topological polar surface area (TPSA) is 78.9 Å². The minimum Gasteiger partial charge on any atom is -0.307 e. The Morgan fingerprint density at radius 2 is 1.00 bits per heavy atom. The van der Waals surface area contributed by atoms with Gasteiger partial charge in [-0.15, -0.1) is 0 Å². The third-order valence-electron chi connectivity index (χ3n) is 0.671. The average molecular weight is 200 g/mol. The highest BCUT2D eigenvalue weighted by atomic mass is 31.2. The number of phosphoric ester groups is 1. The highest BCUT2D eigenvalue weighted by Gasteiger charge is 2.18. The first-order valence-electron chi connectivity index (χ1n) is 2.53. The minimum absolute atomic E-state index is 1.26. The third kappa shape index (κ3) is 9.45. The van der Waals surface area contributed by atoms with E-state index < -0.39 is 7.82 Å². The van der Waals surface area contributed by atoms with E-state index in [9.17, 15) is 4.57 Å². The Balaban J connectivity index is -0.000000175. The van der Waals surface area contributed by atoms with Crippen molar-refractivity contribution in [3.05, 3.63) is 0 Å². The molecule has 0 radical (unpaired) electrons. The van der Waals surface area contributed by atoms with Crippen LogP contribution in [0.15, 0.2) is 0 Å². The highest BCUT2D eigenvalue weighted by Crippen LogP contribution is 2.46. The van der Waals surface area contributed by atoms with Gasteiger partial charge in [0.2, 0.25) is 0 Å². The molecule has 0 rings (SSSR count). The fourth-order valence-corrected chi connectivity index (χ4v) is 0.671. The van der Waals surface area contributed by atoms with E-state index in [-0.39, 0.29) is 0 Å². The molecule has 0 saturated heterocycles. The van der Waals surface area contributed by atoms with E-state index in [4.69, 9.17) is 9.59 Å². The minimum atomic E-state index is -3.16. The van der Waals surface area contributed by atoms with Crippen LogP contribution in [-0.2, 0) is 27.7 Å². The van der Waals surface area contributed by atoms with Crippen LogP contribution < -0.4 is 0 Å². The van der Waals surface area contributed by atoms with Crippen molar-refractivity contribution in [3.8, 4) is 0 Å². The largest absolute Gasteiger partial charge is 0.473 e. The molecule has 0 bridgehead atoms. The predicted octanol–water partition coefficient (Wildman–Crippen LogP) is 0.664. The van der Waals surface area contributed by atoms with Crippen LogP contribution in [0.1, 0.15) is 0 Å². The highest BCUT2D eigenvalue weighted by molar-refractivity contribution is 7.48. The van der Waals surface area contributed by atoms with Crippen molar-refractivity contribution in [1.29, 1.82) is 0 Å². The molecule has 0 aliphatic heterocycles. The number of hydrogen-bond acceptors (Lipinski definition) is 6. The summed E-state index contributed by atoms with van der Waals surface area (Å²) in [5.74, 6) is 0. The zero-order valence-electron chi connectivity index (χ0n) is 7.31. The fourth-order valence-electron chi connectivity index (χ4n) is 0.224. The monoisotopic (exact) mass is 200 g/mol. The van der Waals surface area contributed by atoms with Gasteiger partial charge in [-0.3, -0.25) is 13.6 Å². The SMILES string of the molecule is C=O.C=O.COP(=O)(OC)OC. The molecule has 12 heavy (non-hydrogen) atoms. The van der Waals surface area contributed by atoms with Gasteiger partial charge in [-0.05, 0) is 0 Å². The maximum Gasteiger partial charge on any atom is 0.473 e. The van der Waals surface area contributed by atoms with Gasteiger partial charge < -0.3 is 9.59 Å². The lowest BCUT2D eigenvalue weighted by Gasteiger charge is -2.08. The van der Waals surface area contributed by atoms with E-state index in [0.717, 1.165) is 0 Å². The summed E-state index contributed by atoms with van der Waals surface area (Å²) in [6.07, 6.45) is 0. The molecule has 0 unspecified atom stereocenters. The van der Waals surface area contributed by atoms with Crippen LogP contribution >= 0.6 is 7.82 Å². The normalized spacial score (nSPS) is 8.58. The van der Waals surface area contributed by atoms with Gasteiger partial charge in [0.1, 0.15) is 13.6 Å². The smallest absolute Gasteiger partial charge is 0.307 e. The van der Waals surface area contributed by atoms with Crippen LogP contribution in [0.3, 0.4) is 0 Å². The average Bonchev–Trinajstić information content (AvgIpc) is 2.22. The Labute approximate surface area is 71.4 Å². The zero-order valence-corrected chi connectivity index (χ0v) is 8.21. The van der Waals surface area contributed by atoms with Crippen LogP contribution in [0, 0.1) is 0 Å². The molecule has 7 heteroatoms. The van der Waals surface area contributed by atoms with Gasteiger partial charge in [0, 0.05) is 21.3 Å². The van der Waals surface area contributed by atoms with Gasteiger partial charge >= 0.3 is 7.82 Å². The Bertz CT molecular complexity index is 106. The number of carbonyl (C=O) groups excluding carboxylic acids is 2. The Hall–Kier alpha value is -0.550. The lowest BCUT2D eigenvalue weighted by molar-refractivity contribution is -0.0987. The number of rotatable bonds is 3. The van der Waals surface area contributed by atoms with Gasteiger partial charge in [0.05, 0.1) is 0 Å². The van der Waals surface area contributed by atoms with E-state index in [1.807, 2.05) is 13.6 Å². The molecule has 0 aliphatic carbocycles. The van der Waals surface area contributed by atoms with Crippen LogP contribution in [0.25, 0.3) is 0 Å². The zero-order chi connectivity index (χ0) is 10.6. The second-order valence-electron chi connectivity index (χ2n) is 0.995. The van der Waals surface area contributed by atoms with Crippen molar-refractivity contribution in [2.24, 2.45) is 0 Å². The molecule has 0 aromatic rings. The van der Waals surface area contributed by atoms with Crippen molar-refractivity contribution in [3.63, 3.8) is 0 Å². The standard InChI is InChI=1S/C3H9O4P.2CH2O/c1-5-8(4,6-2)7-3;2*1-2/h1-3H3;2*1H2. The number of hydrogen-bond donors (Lipinski definition) is 0. The molecular weight excluding hydrogens is 187 g/mol. The summed E-state index contributed by atoms with van der Waals surface area (Å²) in [7, 11) is 0.611. The summed E-state index contributed by atoms with van der Waals surface area (Å²) in [5.41, 5.74) is 0. The maximum atomic E-state index is 10.7. The fraction of sp³-hybridized carbons (Fsp3) is 0.600. The molecule has 0 aromatic carbocycles. The van der Waals surface area contributed by atoms with Gasteiger partial charge in [0.25, 0.3) is 0 Å². The van der Waals surface area contributed by atoms with E-state index in [1.165, 1.54) is 21.3 Å². The summed E-state index contributed by atoms with van der Waals surface area (Å²) >= 11 is 0. The summed E-state index contributed by atoms with van der Waals surface area (Å²) < 4.78 is 23.7. The lowest BCUT2D eigenvalue weighted by Crippen LogP contribution is -1.88. The number of carbonyl (C=O) groups is 2. The van der Waals surface area contributed by atoms with E-state index in [0.29, 0.717) is 0 Å². The van der Waals surface area contributed by atoms with Crippen molar-refractivity contribution >= 4 is 21.4 Å². The van der Waals surface area contributed by atoms with Crippen molar-refractivity contribution < 1.29 is 27.7 Å². The molecule has 74 valence electrons. The first kappa shape index (κ1) is 17.5. The van der Waals surface area contributed by atoms with Gasteiger partial charge in [-0.2, -0.15) is 0 Å². The first-order chi connectivity index (χ1) is 5.68. The molecule has 0 aromatic heterocycles. The summed E-state index contributed by atoms with van der Waals surface area (Å²) in [4.78, 5) is 16.0. The molecule has 0 fully saturated rings. The molecule has 0 atom stereocenters. The molecule has 0 aliphatic rings. The quantitative estimate of drug-likeness (QED) is 0.622. The Morgan fingerprint density at radius 3 is 1.00 bits per heavy atom.